The molecule has 0 spiro atoms. The quantitative estimate of drug-likeness (QED) is 0.833. The maximum atomic E-state index is 11.6. The zero-order valence-corrected chi connectivity index (χ0v) is 11.2. The van der Waals surface area contributed by atoms with E-state index < -0.39 is 0 Å². The van der Waals surface area contributed by atoms with Crippen LogP contribution >= 0.6 is 15.9 Å². The minimum absolute atomic E-state index is 0.238. The number of carbonyl (C=O) groups is 1. The molecule has 0 aliphatic heterocycles. The van der Waals surface area contributed by atoms with Gasteiger partial charge >= 0.3 is 0 Å². The molecule has 2 atom stereocenters. The summed E-state index contributed by atoms with van der Waals surface area (Å²) in [4.78, 5) is 13.4. The van der Waals surface area contributed by atoms with Crippen LogP contribution in [0.1, 0.15) is 31.2 Å². The normalized spacial score (nSPS) is 22.9. The first-order valence-corrected chi connectivity index (χ1v) is 6.44. The van der Waals surface area contributed by atoms with Crippen LogP contribution < -0.4 is 0 Å². The van der Waals surface area contributed by atoms with Crippen molar-refractivity contribution in [2.45, 2.75) is 31.7 Å². The average molecular weight is 282 g/mol. The van der Waals surface area contributed by atoms with Crippen LogP contribution in [0, 0.1) is 0 Å². The van der Waals surface area contributed by atoms with Gasteiger partial charge in [0.1, 0.15) is 0 Å². The summed E-state index contributed by atoms with van der Waals surface area (Å²) in [6.07, 6.45) is 1.69. The molecule has 1 aliphatic carbocycles. The highest BCUT2D eigenvalue weighted by Crippen LogP contribution is 2.44. The Bertz CT molecular complexity index is 405. The zero-order valence-electron chi connectivity index (χ0n) is 9.61. The van der Waals surface area contributed by atoms with Gasteiger partial charge in [0, 0.05) is 29.9 Å². The second kappa shape index (κ2) is 4.58. The van der Waals surface area contributed by atoms with Crippen LogP contribution in [0.4, 0.5) is 0 Å². The van der Waals surface area contributed by atoms with Gasteiger partial charge in [-0.3, -0.25) is 4.79 Å². The highest BCUT2D eigenvalue weighted by Gasteiger charge is 2.42. The molecule has 1 aromatic rings. The third-order valence-electron chi connectivity index (χ3n) is 3.23. The Labute approximate surface area is 105 Å². The molecule has 86 valence electrons. The molecular weight excluding hydrogens is 266 g/mol. The van der Waals surface area contributed by atoms with Gasteiger partial charge in [0.25, 0.3) is 0 Å². The van der Waals surface area contributed by atoms with Crippen molar-refractivity contribution < 1.29 is 4.79 Å². The van der Waals surface area contributed by atoms with Gasteiger partial charge in [-0.25, -0.2) is 0 Å². The molecule has 0 N–H and O–H groups in total. The van der Waals surface area contributed by atoms with Crippen molar-refractivity contribution in [2.24, 2.45) is 0 Å². The van der Waals surface area contributed by atoms with Gasteiger partial charge in [-0.15, -0.1) is 0 Å². The maximum Gasteiger partial charge on any atom is 0.222 e. The van der Waals surface area contributed by atoms with Crippen LogP contribution in [-0.4, -0.2) is 23.9 Å². The van der Waals surface area contributed by atoms with Gasteiger partial charge < -0.3 is 4.90 Å². The van der Waals surface area contributed by atoms with Crippen LogP contribution in [0.15, 0.2) is 28.7 Å². The summed E-state index contributed by atoms with van der Waals surface area (Å²) in [6.45, 7) is 1.91. The topological polar surface area (TPSA) is 20.3 Å². The van der Waals surface area contributed by atoms with E-state index in [1.54, 1.807) is 0 Å². The van der Waals surface area contributed by atoms with Crippen molar-refractivity contribution in [3.05, 3.63) is 34.3 Å². The largest absolute Gasteiger partial charge is 0.342 e. The average Bonchev–Trinajstić information content (AvgIpc) is 3.07. The van der Waals surface area contributed by atoms with Crippen molar-refractivity contribution in [1.82, 2.24) is 4.90 Å². The van der Waals surface area contributed by atoms with Crippen LogP contribution in [0.3, 0.4) is 0 Å². The SMILES string of the molecule is CCC(=O)N(C)C1CC1c1cccc(Br)c1. The lowest BCUT2D eigenvalue weighted by atomic mass is 10.1. The van der Waals surface area contributed by atoms with Crippen molar-refractivity contribution in [1.29, 1.82) is 0 Å². The van der Waals surface area contributed by atoms with E-state index in [-0.39, 0.29) is 5.91 Å². The lowest BCUT2D eigenvalue weighted by Crippen LogP contribution is -2.28. The number of nitrogens with zero attached hydrogens (tertiary/aromatic N) is 1. The molecule has 0 radical (unpaired) electrons. The lowest BCUT2D eigenvalue weighted by molar-refractivity contribution is -0.130. The fourth-order valence-corrected chi connectivity index (χ4v) is 2.56. The lowest BCUT2D eigenvalue weighted by Gasteiger charge is -2.16. The number of carbonyl (C=O) groups excluding carboxylic acids is 1. The Kier molecular flexibility index (Phi) is 3.33. The van der Waals surface area contributed by atoms with Crippen molar-refractivity contribution in [3.63, 3.8) is 0 Å². The van der Waals surface area contributed by atoms with Gasteiger partial charge in [-0.1, -0.05) is 35.0 Å². The second-order valence-corrected chi connectivity index (χ2v) is 5.24. The predicted molar refractivity (Wildman–Crippen MR) is 68.3 cm³/mol. The summed E-state index contributed by atoms with van der Waals surface area (Å²) in [6, 6.07) is 8.77. The Hall–Kier alpha value is -0.830. The van der Waals surface area contributed by atoms with E-state index in [9.17, 15) is 4.79 Å². The molecule has 1 saturated carbocycles. The molecule has 1 amide bonds. The fraction of sp³-hybridized carbons (Fsp3) is 0.462. The van der Waals surface area contributed by atoms with Crippen molar-refractivity contribution >= 4 is 21.8 Å². The number of rotatable bonds is 3. The van der Waals surface area contributed by atoms with Gasteiger partial charge in [-0.2, -0.15) is 0 Å². The van der Waals surface area contributed by atoms with Gasteiger partial charge in [-0.05, 0) is 24.1 Å². The fourth-order valence-electron chi connectivity index (χ4n) is 2.14. The smallest absolute Gasteiger partial charge is 0.222 e. The van der Waals surface area contributed by atoms with Gasteiger partial charge in [0.05, 0.1) is 0 Å². The van der Waals surface area contributed by atoms with Crippen LogP contribution in [-0.2, 0) is 4.79 Å². The van der Waals surface area contributed by atoms with Gasteiger partial charge in [0.2, 0.25) is 5.91 Å². The molecule has 2 rings (SSSR count). The molecule has 3 heteroatoms. The molecule has 0 bridgehead atoms. The predicted octanol–water partition coefficient (Wildman–Crippen LogP) is 3.17. The van der Waals surface area contributed by atoms with Crippen molar-refractivity contribution in [2.75, 3.05) is 7.05 Å². The van der Waals surface area contributed by atoms with E-state index in [0.717, 1.165) is 10.9 Å². The summed E-state index contributed by atoms with van der Waals surface area (Å²) in [5.74, 6) is 0.764. The summed E-state index contributed by atoms with van der Waals surface area (Å²) in [5, 5.41) is 0. The Morgan fingerprint density at radius 1 is 1.56 bits per heavy atom. The number of hydrogen-bond acceptors (Lipinski definition) is 1. The van der Waals surface area contributed by atoms with E-state index >= 15 is 0 Å². The summed E-state index contributed by atoms with van der Waals surface area (Å²) < 4.78 is 1.11. The van der Waals surface area contributed by atoms with Crippen LogP contribution in [0.2, 0.25) is 0 Å². The number of benzene rings is 1. The van der Waals surface area contributed by atoms with E-state index in [4.69, 9.17) is 0 Å². The molecule has 1 fully saturated rings. The number of halogens is 1. The van der Waals surface area contributed by atoms with E-state index in [1.807, 2.05) is 24.9 Å². The molecular formula is C13H16BrNO. The number of likely N-dealkylation sites (N-methyl/N-ethyl adjacent to an activating group) is 1. The molecule has 1 aliphatic rings. The summed E-state index contributed by atoms with van der Waals surface area (Å²) >= 11 is 3.48. The molecule has 1 aromatic carbocycles. The number of hydrogen-bond donors (Lipinski definition) is 0. The highest BCUT2D eigenvalue weighted by molar-refractivity contribution is 9.10. The zero-order chi connectivity index (χ0) is 11.7. The number of amides is 1. The Morgan fingerprint density at radius 2 is 2.31 bits per heavy atom. The highest BCUT2D eigenvalue weighted by atomic mass is 79.9. The molecule has 0 saturated heterocycles. The Balaban J connectivity index is 2.04. The van der Waals surface area contributed by atoms with Crippen LogP contribution in [0.25, 0.3) is 0 Å². The van der Waals surface area contributed by atoms with Gasteiger partial charge in [0.15, 0.2) is 0 Å². The van der Waals surface area contributed by atoms with E-state index in [0.29, 0.717) is 18.4 Å². The third-order valence-corrected chi connectivity index (χ3v) is 3.72. The molecule has 2 nitrogen and oxygen atoms in total. The molecule has 2 unspecified atom stereocenters. The first-order chi connectivity index (χ1) is 7.63. The molecule has 0 heterocycles. The third kappa shape index (κ3) is 2.29. The Morgan fingerprint density at radius 3 is 2.94 bits per heavy atom. The summed E-state index contributed by atoms with van der Waals surface area (Å²) in [7, 11) is 1.91. The van der Waals surface area contributed by atoms with E-state index in [2.05, 4.69) is 34.1 Å². The second-order valence-electron chi connectivity index (χ2n) is 4.32. The molecule has 16 heavy (non-hydrogen) atoms. The molecule has 0 aromatic heterocycles. The first-order valence-electron chi connectivity index (χ1n) is 5.64. The maximum absolute atomic E-state index is 11.6. The van der Waals surface area contributed by atoms with Crippen molar-refractivity contribution in [3.8, 4) is 0 Å². The minimum atomic E-state index is 0.238. The first kappa shape index (κ1) is 11.6. The van der Waals surface area contributed by atoms with E-state index in [1.165, 1.54) is 5.56 Å². The minimum Gasteiger partial charge on any atom is -0.342 e. The summed E-state index contributed by atoms with van der Waals surface area (Å²) in [5.41, 5.74) is 1.33. The standard InChI is InChI=1S/C13H16BrNO/c1-3-13(16)15(2)12-8-11(12)9-5-4-6-10(14)7-9/h4-7,11-12H,3,8H2,1-2H3. The monoisotopic (exact) mass is 281 g/mol. The van der Waals surface area contributed by atoms with Crippen LogP contribution in [0.5, 0.6) is 0 Å².